The first-order chi connectivity index (χ1) is 6.37. The summed E-state index contributed by atoms with van der Waals surface area (Å²) in [5.41, 5.74) is 0. The van der Waals surface area contributed by atoms with Crippen LogP contribution in [0.3, 0.4) is 0 Å². The van der Waals surface area contributed by atoms with Gasteiger partial charge in [0.25, 0.3) is 10.1 Å². The third-order valence-electron chi connectivity index (χ3n) is 1.42. The maximum absolute atomic E-state index is 10.6. The maximum Gasteiger partial charge on any atom is 0.320 e. The average molecular weight is 243 g/mol. The quantitative estimate of drug-likeness (QED) is 0.524. The van der Waals surface area contributed by atoms with Gasteiger partial charge in [-0.15, -0.1) is 0 Å². The molecule has 84 valence electrons. The third-order valence-corrected chi connectivity index (χ3v) is 2.60. The lowest BCUT2D eigenvalue weighted by Gasteiger charge is -2.11. The van der Waals surface area contributed by atoms with Gasteiger partial charge in [0.05, 0.1) is 0 Å². The van der Waals surface area contributed by atoms with Gasteiger partial charge in [0.15, 0.2) is 0 Å². The van der Waals surface area contributed by atoms with Gasteiger partial charge >= 0.3 is 5.97 Å². The van der Waals surface area contributed by atoms with E-state index in [1.54, 1.807) is 0 Å². The minimum atomic E-state index is -4.16. The number of carboxylic acid groups (broad SMARTS) is 1. The van der Waals surface area contributed by atoms with Crippen LogP contribution in [-0.4, -0.2) is 48.0 Å². The van der Waals surface area contributed by atoms with Crippen molar-refractivity contribution in [2.45, 2.75) is 12.5 Å². The normalized spacial score (nSPS) is 13.9. The summed E-state index contributed by atoms with van der Waals surface area (Å²) in [6, 6.07) is -0.940. The zero-order valence-corrected chi connectivity index (χ0v) is 9.27. The number of nitrogens with one attached hydrogen (secondary N) is 1. The van der Waals surface area contributed by atoms with Gasteiger partial charge in [-0.1, -0.05) is 0 Å². The van der Waals surface area contributed by atoms with E-state index in [1.807, 2.05) is 6.26 Å². The number of thioether (sulfide) groups is 1. The number of aliphatic carboxylic acids is 1. The van der Waals surface area contributed by atoms with Crippen LogP contribution >= 0.6 is 11.8 Å². The molecule has 0 fully saturated rings. The van der Waals surface area contributed by atoms with Crippen LogP contribution in [0.5, 0.6) is 0 Å². The molecule has 1 atom stereocenters. The molecule has 0 spiro atoms. The zero-order chi connectivity index (χ0) is 11.2. The second-order valence-electron chi connectivity index (χ2n) is 2.60. The highest BCUT2D eigenvalue weighted by Crippen LogP contribution is 2.01. The summed E-state index contributed by atoms with van der Waals surface area (Å²) >= 11 is 1.47. The predicted molar refractivity (Wildman–Crippen MR) is 54.0 cm³/mol. The van der Waals surface area contributed by atoms with Crippen LogP contribution in [0.4, 0.5) is 0 Å². The molecule has 6 nitrogen and oxygen atoms in total. The molecule has 0 unspecified atom stereocenters. The SMILES string of the molecule is CSCC[C@H](NCS(=O)(=O)O)C(=O)O. The Hall–Kier alpha value is -0.310. The molecule has 0 radical (unpaired) electrons. The third kappa shape index (κ3) is 7.13. The second-order valence-corrected chi connectivity index (χ2v) is 5.04. The molecular formula is C6H13NO5S2. The monoisotopic (exact) mass is 243 g/mol. The Bertz CT molecular complexity index is 276. The average Bonchev–Trinajstić information content (AvgIpc) is 2.01. The molecular weight excluding hydrogens is 230 g/mol. The minimum Gasteiger partial charge on any atom is -0.480 e. The predicted octanol–water partition coefficient (Wildman–Crippen LogP) is -0.372. The van der Waals surface area contributed by atoms with E-state index < -0.39 is 28.0 Å². The van der Waals surface area contributed by atoms with Gasteiger partial charge in [0.1, 0.15) is 11.9 Å². The Kier molecular flexibility index (Phi) is 6.09. The van der Waals surface area contributed by atoms with Crippen LogP contribution in [-0.2, 0) is 14.9 Å². The Morgan fingerprint density at radius 1 is 1.57 bits per heavy atom. The first kappa shape index (κ1) is 13.7. The van der Waals surface area contributed by atoms with Crippen molar-refractivity contribution in [3.05, 3.63) is 0 Å². The molecule has 0 amide bonds. The van der Waals surface area contributed by atoms with Crippen LogP contribution in [0, 0.1) is 0 Å². The van der Waals surface area contributed by atoms with Gasteiger partial charge in [0, 0.05) is 0 Å². The molecule has 8 heteroatoms. The smallest absolute Gasteiger partial charge is 0.320 e. The summed E-state index contributed by atoms with van der Waals surface area (Å²) in [5, 5.41) is 10.9. The molecule has 14 heavy (non-hydrogen) atoms. The first-order valence-electron chi connectivity index (χ1n) is 3.77. The first-order valence-corrected chi connectivity index (χ1v) is 6.77. The highest BCUT2D eigenvalue weighted by atomic mass is 32.2. The fraction of sp³-hybridized carbons (Fsp3) is 0.833. The van der Waals surface area contributed by atoms with Crippen molar-refractivity contribution in [2.24, 2.45) is 0 Å². The van der Waals surface area contributed by atoms with Crippen molar-refractivity contribution in [3.8, 4) is 0 Å². The van der Waals surface area contributed by atoms with Crippen LogP contribution in [0.2, 0.25) is 0 Å². The Morgan fingerprint density at radius 2 is 2.14 bits per heavy atom. The van der Waals surface area contributed by atoms with Crippen molar-refractivity contribution in [1.29, 1.82) is 0 Å². The molecule has 0 aliphatic carbocycles. The molecule has 0 aromatic heterocycles. The summed E-state index contributed by atoms with van der Waals surface area (Å²) < 4.78 is 29.0. The van der Waals surface area contributed by atoms with Crippen LogP contribution in [0.25, 0.3) is 0 Å². The fourth-order valence-electron chi connectivity index (χ4n) is 0.754. The van der Waals surface area contributed by atoms with Crippen molar-refractivity contribution >= 4 is 27.8 Å². The molecule has 0 heterocycles. The largest absolute Gasteiger partial charge is 0.480 e. The molecule has 0 aliphatic rings. The molecule has 0 rings (SSSR count). The second kappa shape index (κ2) is 6.23. The van der Waals surface area contributed by atoms with E-state index in [4.69, 9.17) is 9.66 Å². The summed E-state index contributed by atoms with van der Waals surface area (Å²) in [7, 11) is -4.16. The van der Waals surface area contributed by atoms with Crippen LogP contribution < -0.4 is 5.32 Å². The highest BCUT2D eigenvalue weighted by Gasteiger charge is 2.18. The van der Waals surface area contributed by atoms with Crippen LogP contribution in [0.15, 0.2) is 0 Å². The number of carboxylic acids is 1. The topological polar surface area (TPSA) is 104 Å². The van der Waals surface area contributed by atoms with Gasteiger partial charge in [-0.3, -0.25) is 14.7 Å². The fourth-order valence-corrected chi connectivity index (χ4v) is 1.64. The van der Waals surface area contributed by atoms with Gasteiger partial charge < -0.3 is 5.11 Å². The van der Waals surface area contributed by atoms with Gasteiger partial charge in [-0.05, 0) is 18.4 Å². The van der Waals surface area contributed by atoms with E-state index in [0.717, 1.165) is 0 Å². The molecule has 0 aromatic rings. The van der Waals surface area contributed by atoms with Crippen molar-refractivity contribution < 1.29 is 22.9 Å². The van der Waals surface area contributed by atoms with E-state index in [0.29, 0.717) is 12.2 Å². The van der Waals surface area contributed by atoms with Gasteiger partial charge in [-0.2, -0.15) is 20.2 Å². The lowest BCUT2D eigenvalue weighted by Crippen LogP contribution is -2.39. The van der Waals surface area contributed by atoms with E-state index in [9.17, 15) is 13.2 Å². The van der Waals surface area contributed by atoms with E-state index in [1.165, 1.54) is 11.8 Å². The van der Waals surface area contributed by atoms with E-state index in [-0.39, 0.29) is 0 Å². The Balaban J connectivity index is 4.04. The lowest BCUT2D eigenvalue weighted by atomic mass is 10.2. The molecule has 3 N–H and O–H groups in total. The Morgan fingerprint density at radius 3 is 2.50 bits per heavy atom. The number of hydrogen-bond donors (Lipinski definition) is 3. The van der Waals surface area contributed by atoms with E-state index in [2.05, 4.69) is 5.32 Å². The molecule has 0 saturated carbocycles. The summed E-state index contributed by atoms with van der Waals surface area (Å²) in [4.78, 5) is 10.6. The molecule has 0 bridgehead atoms. The standard InChI is InChI=1S/C6H13NO5S2/c1-13-3-2-5(6(8)9)7-4-14(10,11)12/h5,7H,2-4H2,1H3,(H,8,9)(H,10,11,12)/t5-/m0/s1. The number of hydrogen-bond acceptors (Lipinski definition) is 5. The minimum absolute atomic E-state index is 0.312. The van der Waals surface area contributed by atoms with E-state index >= 15 is 0 Å². The van der Waals surface area contributed by atoms with Crippen LogP contribution in [0.1, 0.15) is 6.42 Å². The highest BCUT2D eigenvalue weighted by molar-refractivity contribution is 7.98. The number of carbonyl (C=O) groups is 1. The van der Waals surface area contributed by atoms with Crippen molar-refractivity contribution in [3.63, 3.8) is 0 Å². The molecule has 0 saturated heterocycles. The molecule has 0 aromatic carbocycles. The maximum atomic E-state index is 10.6. The van der Waals surface area contributed by atoms with Crippen molar-refractivity contribution in [1.82, 2.24) is 5.32 Å². The Labute approximate surface area is 86.8 Å². The zero-order valence-electron chi connectivity index (χ0n) is 7.63. The summed E-state index contributed by atoms with van der Waals surface area (Å²) in [5.74, 6) is -1.25. The molecule has 0 aliphatic heterocycles. The lowest BCUT2D eigenvalue weighted by molar-refractivity contribution is -0.139. The van der Waals surface area contributed by atoms with Gasteiger partial charge in [-0.25, -0.2) is 0 Å². The summed E-state index contributed by atoms with van der Waals surface area (Å²) in [6.07, 6.45) is 2.13. The number of rotatable bonds is 7. The summed E-state index contributed by atoms with van der Waals surface area (Å²) in [6.45, 7) is 0. The van der Waals surface area contributed by atoms with Gasteiger partial charge in [0.2, 0.25) is 0 Å². The van der Waals surface area contributed by atoms with Crippen molar-refractivity contribution in [2.75, 3.05) is 17.9 Å².